The van der Waals surface area contributed by atoms with Crippen LogP contribution in [0.15, 0.2) is 17.1 Å². The molecule has 0 radical (unpaired) electrons. The molecule has 2 saturated carbocycles. The van der Waals surface area contributed by atoms with Crippen molar-refractivity contribution in [3.05, 3.63) is 45.1 Å². The lowest BCUT2D eigenvalue weighted by Crippen LogP contribution is -2.49. The van der Waals surface area contributed by atoms with Gasteiger partial charge in [-0.1, -0.05) is 6.42 Å². The van der Waals surface area contributed by atoms with Crippen LogP contribution in [-0.2, 0) is 0 Å². The Labute approximate surface area is 174 Å². The van der Waals surface area contributed by atoms with Crippen molar-refractivity contribution in [2.24, 2.45) is 17.6 Å². The number of hydrogen-bond donors (Lipinski definition) is 2. The number of carbonyl (C=O) groups is 1. The summed E-state index contributed by atoms with van der Waals surface area (Å²) in [5.74, 6) is -0.532. The first-order valence-corrected chi connectivity index (χ1v) is 11.0. The summed E-state index contributed by atoms with van der Waals surface area (Å²) in [4.78, 5) is 26.5. The highest BCUT2D eigenvalue weighted by Gasteiger charge is 2.37. The first-order valence-electron chi connectivity index (χ1n) is 11.0. The van der Waals surface area contributed by atoms with Gasteiger partial charge >= 0.3 is 5.97 Å². The minimum atomic E-state index is -1.27. The van der Waals surface area contributed by atoms with Gasteiger partial charge in [-0.15, -0.1) is 0 Å². The lowest BCUT2D eigenvalue weighted by Gasteiger charge is -2.45. The minimum absolute atomic E-state index is 0.234. The molecule has 7 heteroatoms. The maximum absolute atomic E-state index is 15.4. The van der Waals surface area contributed by atoms with Crippen molar-refractivity contribution in [3.8, 4) is 0 Å². The number of halogens is 1. The second kappa shape index (κ2) is 7.08. The van der Waals surface area contributed by atoms with E-state index >= 15 is 4.39 Å². The van der Waals surface area contributed by atoms with Crippen LogP contribution in [0.3, 0.4) is 0 Å². The number of carboxylic acids is 1. The van der Waals surface area contributed by atoms with E-state index < -0.39 is 17.3 Å². The zero-order valence-electron chi connectivity index (χ0n) is 17.2. The molecular formula is C23H28FN3O3. The normalized spacial score (nSPS) is 26.6. The zero-order chi connectivity index (χ0) is 21.2. The van der Waals surface area contributed by atoms with Gasteiger partial charge in [0.15, 0.2) is 5.82 Å². The van der Waals surface area contributed by atoms with Crippen LogP contribution in [0.4, 0.5) is 10.1 Å². The number of pyridine rings is 2. The van der Waals surface area contributed by atoms with Crippen LogP contribution >= 0.6 is 0 Å². The van der Waals surface area contributed by atoms with Crippen molar-refractivity contribution in [2.75, 3.05) is 18.0 Å². The van der Waals surface area contributed by atoms with Gasteiger partial charge < -0.3 is 15.7 Å². The number of aromatic carboxylic acids is 1. The van der Waals surface area contributed by atoms with Gasteiger partial charge in [0.2, 0.25) is 0 Å². The molecule has 2 aromatic heterocycles. The molecule has 1 aliphatic heterocycles. The highest BCUT2D eigenvalue weighted by Crippen LogP contribution is 2.44. The average molecular weight is 413 g/mol. The van der Waals surface area contributed by atoms with Crippen molar-refractivity contribution in [1.82, 2.24) is 4.40 Å². The van der Waals surface area contributed by atoms with E-state index in [1.807, 2.05) is 6.92 Å². The highest BCUT2D eigenvalue weighted by atomic mass is 19.1. The van der Waals surface area contributed by atoms with Crippen LogP contribution in [-0.4, -0.2) is 34.6 Å². The monoisotopic (exact) mass is 413 g/mol. The van der Waals surface area contributed by atoms with E-state index in [1.165, 1.54) is 16.7 Å². The summed E-state index contributed by atoms with van der Waals surface area (Å²) in [5.41, 5.74) is 8.18. The third-order valence-corrected chi connectivity index (χ3v) is 7.46. The van der Waals surface area contributed by atoms with Gasteiger partial charge in [0.1, 0.15) is 5.56 Å². The molecule has 3 N–H and O–H groups in total. The number of fused-ring (bicyclic) bond motifs is 2. The van der Waals surface area contributed by atoms with Crippen molar-refractivity contribution in [3.63, 3.8) is 0 Å². The minimum Gasteiger partial charge on any atom is -0.477 e. The molecule has 3 atom stereocenters. The number of piperidine rings is 1. The Bertz CT molecular complexity index is 1090. The lowest BCUT2D eigenvalue weighted by atomic mass is 9.72. The van der Waals surface area contributed by atoms with E-state index in [9.17, 15) is 14.7 Å². The summed E-state index contributed by atoms with van der Waals surface area (Å²) in [6.45, 7) is 3.39. The fourth-order valence-corrected chi connectivity index (χ4v) is 5.84. The predicted molar refractivity (Wildman–Crippen MR) is 113 cm³/mol. The molecule has 5 rings (SSSR count). The summed E-state index contributed by atoms with van der Waals surface area (Å²) in [6, 6.07) is 1.75. The van der Waals surface area contributed by atoms with Crippen LogP contribution in [0.2, 0.25) is 0 Å². The number of hydrogen-bond acceptors (Lipinski definition) is 4. The van der Waals surface area contributed by atoms with E-state index in [4.69, 9.17) is 5.73 Å². The maximum atomic E-state index is 15.4. The fraction of sp³-hybridized carbons (Fsp3) is 0.565. The molecule has 160 valence electrons. The van der Waals surface area contributed by atoms with Crippen molar-refractivity contribution >= 4 is 17.2 Å². The van der Waals surface area contributed by atoms with Gasteiger partial charge in [-0.2, -0.15) is 0 Å². The smallest absolute Gasteiger partial charge is 0.341 e. The van der Waals surface area contributed by atoms with Gasteiger partial charge in [0.25, 0.3) is 5.56 Å². The summed E-state index contributed by atoms with van der Waals surface area (Å²) in [7, 11) is 0. The van der Waals surface area contributed by atoms with Crippen LogP contribution in [0.25, 0.3) is 5.52 Å². The molecule has 0 amide bonds. The van der Waals surface area contributed by atoms with Crippen LogP contribution in [0.5, 0.6) is 0 Å². The van der Waals surface area contributed by atoms with E-state index in [0.717, 1.165) is 62.7 Å². The Morgan fingerprint density at radius 2 is 2.00 bits per heavy atom. The molecule has 0 spiro atoms. The summed E-state index contributed by atoms with van der Waals surface area (Å²) >= 11 is 0. The number of rotatable bonds is 3. The molecule has 3 aliphatic rings. The molecule has 1 saturated heterocycles. The number of anilines is 1. The van der Waals surface area contributed by atoms with E-state index in [1.54, 1.807) is 0 Å². The van der Waals surface area contributed by atoms with Gasteiger partial charge in [-0.3, -0.25) is 9.20 Å². The molecular weight excluding hydrogens is 385 g/mol. The number of aromatic nitrogens is 1. The molecule has 0 aromatic carbocycles. The Balaban J connectivity index is 1.64. The maximum Gasteiger partial charge on any atom is 0.341 e. The second-order valence-electron chi connectivity index (χ2n) is 9.32. The van der Waals surface area contributed by atoms with Crippen LogP contribution < -0.4 is 16.2 Å². The molecule has 3 heterocycles. The van der Waals surface area contributed by atoms with Crippen molar-refractivity contribution in [2.45, 2.75) is 57.4 Å². The summed E-state index contributed by atoms with van der Waals surface area (Å²) in [5, 5.41) is 9.45. The molecule has 2 aromatic rings. The number of aryl methyl sites for hydroxylation is 1. The molecule has 30 heavy (non-hydrogen) atoms. The molecule has 2 aliphatic carbocycles. The van der Waals surface area contributed by atoms with Crippen molar-refractivity contribution in [1.29, 1.82) is 0 Å². The molecule has 6 nitrogen and oxygen atoms in total. The largest absolute Gasteiger partial charge is 0.477 e. The number of nitrogens with zero attached hydrogens (tertiary/aromatic N) is 2. The Morgan fingerprint density at radius 1 is 1.23 bits per heavy atom. The summed E-state index contributed by atoms with van der Waals surface area (Å²) < 4.78 is 16.6. The third-order valence-electron chi connectivity index (χ3n) is 7.46. The molecule has 3 unspecified atom stereocenters. The van der Waals surface area contributed by atoms with Crippen LogP contribution in [0, 0.1) is 24.6 Å². The standard InChI is InChI=1S/C23H28FN3O3/c1-12-20-16(13-5-6-13)9-17(23(29)30)22(28)27(20)11-18(24)21(12)26-8-7-15-14(10-26)3-2-4-19(15)25/h9,11,13-15,19H,2-8,10,25H2,1H3,(H,29,30). The summed E-state index contributed by atoms with van der Waals surface area (Å²) in [6.07, 6.45) is 7.39. The fourth-order valence-electron chi connectivity index (χ4n) is 5.84. The number of carboxylic acid groups (broad SMARTS) is 1. The molecule has 0 bridgehead atoms. The van der Waals surface area contributed by atoms with E-state index in [2.05, 4.69) is 4.90 Å². The van der Waals surface area contributed by atoms with Gasteiger partial charge in [0.05, 0.1) is 17.4 Å². The number of nitrogens with two attached hydrogens (primary N) is 1. The van der Waals surface area contributed by atoms with E-state index in [0.29, 0.717) is 23.0 Å². The average Bonchev–Trinajstić information content (AvgIpc) is 3.54. The molecule has 3 fully saturated rings. The third kappa shape index (κ3) is 3.02. The first kappa shape index (κ1) is 19.5. The SMILES string of the molecule is Cc1c(N2CCC3C(N)CCCC3C2)c(F)cn2c(=O)c(C(=O)O)cc(C3CC3)c12. The van der Waals surface area contributed by atoms with Gasteiger partial charge in [-0.05, 0) is 74.0 Å². The van der Waals surface area contributed by atoms with Crippen LogP contribution in [0.1, 0.15) is 65.9 Å². The highest BCUT2D eigenvalue weighted by molar-refractivity contribution is 5.89. The topological polar surface area (TPSA) is 88.0 Å². The second-order valence-corrected chi connectivity index (χ2v) is 9.32. The Kier molecular flexibility index (Phi) is 4.61. The quantitative estimate of drug-likeness (QED) is 0.806. The predicted octanol–water partition coefficient (Wildman–Crippen LogP) is 3.28. The first-order chi connectivity index (χ1) is 14.4. The zero-order valence-corrected chi connectivity index (χ0v) is 17.2. The Morgan fingerprint density at radius 3 is 2.70 bits per heavy atom. The van der Waals surface area contributed by atoms with Gasteiger partial charge in [0, 0.05) is 19.1 Å². The lowest BCUT2D eigenvalue weighted by molar-refractivity contribution is 0.0694. The Hall–Kier alpha value is -2.41. The van der Waals surface area contributed by atoms with Gasteiger partial charge in [-0.25, -0.2) is 9.18 Å². The van der Waals surface area contributed by atoms with Crippen molar-refractivity contribution < 1.29 is 14.3 Å². The van der Waals surface area contributed by atoms with E-state index in [-0.39, 0.29) is 17.5 Å².